The standard InChI is InChI=1S/C20H25N3O5S/c1-3-11-21-20(26)22-17-6-4-5-16(13-17)15-9-7-14(8-10-15)12-18(19(24)25)23-29(2,27)28/h4-10,13,18,23H,3,11-12H2,1-2H3,(H,24,25)(H2,21,22,26)/t18-/m0/s1. The van der Waals surface area contributed by atoms with E-state index in [1.165, 1.54) is 0 Å². The predicted octanol–water partition coefficient (Wildman–Crippen LogP) is 2.43. The molecule has 2 rings (SSSR count). The van der Waals surface area contributed by atoms with Gasteiger partial charge < -0.3 is 15.7 Å². The molecule has 8 nitrogen and oxygen atoms in total. The van der Waals surface area contributed by atoms with Crippen molar-refractivity contribution in [2.75, 3.05) is 18.1 Å². The van der Waals surface area contributed by atoms with Crippen LogP contribution in [0.4, 0.5) is 10.5 Å². The van der Waals surface area contributed by atoms with E-state index in [0.717, 1.165) is 23.8 Å². The molecule has 0 fully saturated rings. The van der Waals surface area contributed by atoms with Gasteiger partial charge in [0, 0.05) is 12.2 Å². The molecule has 2 amide bonds. The van der Waals surface area contributed by atoms with E-state index in [-0.39, 0.29) is 12.5 Å². The van der Waals surface area contributed by atoms with Crippen LogP contribution in [0.15, 0.2) is 48.5 Å². The lowest BCUT2D eigenvalue weighted by molar-refractivity contribution is -0.138. The van der Waals surface area contributed by atoms with Crippen molar-refractivity contribution in [2.45, 2.75) is 25.8 Å². The molecule has 0 unspecified atom stereocenters. The van der Waals surface area contributed by atoms with Crippen molar-refractivity contribution in [3.63, 3.8) is 0 Å². The molecule has 4 N–H and O–H groups in total. The van der Waals surface area contributed by atoms with Crippen LogP contribution in [-0.4, -0.2) is 44.4 Å². The average molecular weight is 420 g/mol. The molecule has 0 saturated heterocycles. The number of carboxylic acids is 1. The van der Waals surface area contributed by atoms with Gasteiger partial charge >= 0.3 is 12.0 Å². The third-order valence-corrected chi connectivity index (χ3v) is 4.75. The molecule has 2 aromatic rings. The lowest BCUT2D eigenvalue weighted by Crippen LogP contribution is -2.41. The molecule has 0 aliphatic carbocycles. The van der Waals surface area contributed by atoms with Gasteiger partial charge in [-0.05, 0) is 41.7 Å². The Hall–Kier alpha value is -2.91. The number of hydrogen-bond donors (Lipinski definition) is 4. The summed E-state index contributed by atoms with van der Waals surface area (Å²) in [4.78, 5) is 23.1. The van der Waals surface area contributed by atoms with Crippen molar-refractivity contribution in [3.8, 4) is 11.1 Å². The number of carboxylic acid groups (broad SMARTS) is 1. The number of hydrogen-bond acceptors (Lipinski definition) is 4. The zero-order valence-electron chi connectivity index (χ0n) is 16.3. The highest BCUT2D eigenvalue weighted by Gasteiger charge is 2.21. The lowest BCUT2D eigenvalue weighted by atomic mass is 10.0. The molecule has 0 bridgehead atoms. The number of urea groups is 1. The number of nitrogens with one attached hydrogen (secondary N) is 3. The fraction of sp³-hybridized carbons (Fsp3) is 0.300. The van der Waals surface area contributed by atoms with Crippen LogP contribution in [0.25, 0.3) is 11.1 Å². The second-order valence-corrected chi connectivity index (χ2v) is 8.42. The van der Waals surface area contributed by atoms with E-state index in [4.69, 9.17) is 0 Å². The highest BCUT2D eigenvalue weighted by Crippen LogP contribution is 2.23. The summed E-state index contributed by atoms with van der Waals surface area (Å²) < 4.78 is 24.8. The summed E-state index contributed by atoms with van der Waals surface area (Å²) in [7, 11) is -3.63. The van der Waals surface area contributed by atoms with Crippen molar-refractivity contribution in [1.82, 2.24) is 10.0 Å². The smallest absolute Gasteiger partial charge is 0.322 e. The van der Waals surface area contributed by atoms with Crippen molar-refractivity contribution in [3.05, 3.63) is 54.1 Å². The van der Waals surface area contributed by atoms with Crippen LogP contribution in [0.3, 0.4) is 0 Å². The lowest BCUT2D eigenvalue weighted by Gasteiger charge is -2.13. The predicted molar refractivity (Wildman–Crippen MR) is 112 cm³/mol. The maximum Gasteiger partial charge on any atom is 0.322 e. The van der Waals surface area contributed by atoms with E-state index in [9.17, 15) is 23.1 Å². The largest absolute Gasteiger partial charge is 0.480 e. The molecule has 0 aliphatic rings. The number of aliphatic carboxylic acids is 1. The Bertz CT molecular complexity index is 958. The number of amides is 2. The summed E-state index contributed by atoms with van der Waals surface area (Å²) in [6, 6.07) is 13.0. The van der Waals surface area contributed by atoms with Gasteiger partial charge in [0.2, 0.25) is 10.0 Å². The molecular formula is C20H25N3O5S. The number of carbonyl (C=O) groups is 2. The molecular weight excluding hydrogens is 394 g/mol. The first-order chi connectivity index (χ1) is 13.7. The first kappa shape index (κ1) is 22.4. The van der Waals surface area contributed by atoms with Gasteiger partial charge in [-0.3, -0.25) is 4.79 Å². The third-order valence-electron chi connectivity index (χ3n) is 4.04. The SMILES string of the molecule is CCCNC(=O)Nc1cccc(-c2ccc(C[C@H](NS(C)(=O)=O)C(=O)O)cc2)c1. The second-order valence-electron chi connectivity index (χ2n) is 6.64. The number of anilines is 1. The molecule has 9 heteroatoms. The summed E-state index contributed by atoms with van der Waals surface area (Å²) in [5.41, 5.74) is 3.11. The summed E-state index contributed by atoms with van der Waals surface area (Å²) >= 11 is 0. The molecule has 0 aromatic heterocycles. The Kier molecular flexibility index (Phi) is 7.74. The molecule has 0 spiro atoms. The topological polar surface area (TPSA) is 125 Å². The second kappa shape index (κ2) is 10.0. The minimum atomic E-state index is -3.63. The van der Waals surface area contributed by atoms with Crippen LogP contribution < -0.4 is 15.4 Å². The van der Waals surface area contributed by atoms with Gasteiger partial charge in [0.15, 0.2) is 0 Å². The molecule has 0 radical (unpaired) electrons. The van der Waals surface area contributed by atoms with E-state index in [2.05, 4.69) is 15.4 Å². The van der Waals surface area contributed by atoms with Gasteiger partial charge in [0.1, 0.15) is 6.04 Å². The average Bonchev–Trinajstić information content (AvgIpc) is 2.65. The number of sulfonamides is 1. The van der Waals surface area contributed by atoms with E-state index in [0.29, 0.717) is 17.8 Å². The zero-order chi connectivity index (χ0) is 21.4. The first-order valence-corrected chi connectivity index (χ1v) is 11.0. The van der Waals surface area contributed by atoms with Crippen LogP contribution in [0.1, 0.15) is 18.9 Å². The Labute approximate surface area is 170 Å². The van der Waals surface area contributed by atoms with Gasteiger partial charge in [-0.25, -0.2) is 17.9 Å². The fourth-order valence-electron chi connectivity index (χ4n) is 2.70. The summed E-state index contributed by atoms with van der Waals surface area (Å²) in [6.07, 6.45) is 1.81. The molecule has 29 heavy (non-hydrogen) atoms. The van der Waals surface area contributed by atoms with Gasteiger partial charge in [0.25, 0.3) is 0 Å². The quantitative estimate of drug-likeness (QED) is 0.497. The molecule has 156 valence electrons. The van der Waals surface area contributed by atoms with Gasteiger partial charge in [-0.1, -0.05) is 43.3 Å². The van der Waals surface area contributed by atoms with Gasteiger partial charge in [-0.15, -0.1) is 0 Å². The number of benzene rings is 2. The van der Waals surface area contributed by atoms with E-state index >= 15 is 0 Å². The first-order valence-electron chi connectivity index (χ1n) is 9.12. The summed E-state index contributed by atoms with van der Waals surface area (Å²) in [6.45, 7) is 2.57. The number of rotatable bonds is 9. The third kappa shape index (κ3) is 7.55. The van der Waals surface area contributed by atoms with Crippen molar-refractivity contribution >= 4 is 27.7 Å². The van der Waals surface area contributed by atoms with Gasteiger partial charge in [0.05, 0.1) is 6.26 Å². The van der Waals surface area contributed by atoms with E-state index < -0.39 is 22.0 Å². The molecule has 1 atom stereocenters. The monoisotopic (exact) mass is 419 g/mol. The maximum atomic E-state index is 11.8. The number of carbonyl (C=O) groups excluding carboxylic acids is 1. The molecule has 0 heterocycles. The summed E-state index contributed by atoms with van der Waals surface area (Å²) in [5, 5.41) is 14.7. The Morgan fingerprint density at radius 3 is 2.34 bits per heavy atom. The molecule has 0 saturated carbocycles. The maximum absolute atomic E-state index is 11.8. The van der Waals surface area contributed by atoms with Crippen LogP contribution in [0, 0.1) is 0 Å². The Balaban J connectivity index is 2.10. The summed E-state index contributed by atoms with van der Waals surface area (Å²) in [5.74, 6) is -1.24. The zero-order valence-corrected chi connectivity index (χ0v) is 17.1. The minimum Gasteiger partial charge on any atom is -0.480 e. The van der Waals surface area contributed by atoms with Crippen molar-refractivity contribution in [1.29, 1.82) is 0 Å². The van der Waals surface area contributed by atoms with Crippen LogP contribution in [0.5, 0.6) is 0 Å². The van der Waals surface area contributed by atoms with Gasteiger partial charge in [-0.2, -0.15) is 0 Å². The highest BCUT2D eigenvalue weighted by atomic mass is 32.2. The fourth-order valence-corrected chi connectivity index (χ4v) is 3.40. The highest BCUT2D eigenvalue weighted by molar-refractivity contribution is 7.88. The molecule has 0 aliphatic heterocycles. The van der Waals surface area contributed by atoms with E-state index in [1.807, 2.05) is 37.3 Å². The normalized spacial score (nSPS) is 12.2. The Morgan fingerprint density at radius 1 is 1.07 bits per heavy atom. The van der Waals surface area contributed by atoms with Crippen molar-refractivity contribution < 1.29 is 23.1 Å². The minimum absolute atomic E-state index is 0.0296. The van der Waals surface area contributed by atoms with Crippen LogP contribution in [0.2, 0.25) is 0 Å². The molecule has 2 aromatic carbocycles. The van der Waals surface area contributed by atoms with Crippen LogP contribution >= 0.6 is 0 Å². The Morgan fingerprint density at radius 2 is 1.76 bits per heavy atom. The van der Waals surface area contributed by atoms with Crippen molar-refractivity contribution in [2.24, 2.45) is 0 Å². The van der Waals surface area contributed by atoms with E-state index in [1.54, 1.807) is 18.2 Å². The van der Waals surface area contributed by atoms with Crippen LogP contribution in [-0.2, 0) is 21.2 Å².